The van der Waals surface area contributed by atoms with Crippen LogP contribution in [0.3, 0.4) is 0 Å². The Morgan fingerprint density at radius 3 is 1.70 bits per heavy atom. The molecule has 0 fully saturated rings. The van der Waals surface area contributed by atoms with Crippen LogP contribution in [-0.2, 0) is 9.36 Å². The van der Waals surface area contributed by atoms with E-state index in [2.05, 4.69) is 11.7 Å². The largest absolute Gasteiger partial charge is 0.296 e. The molecule has 0 saturated heterocycles. The lowest BCUT2D eigenvalue weighted by molar-refractivity contribution is -0.115. The van der Waals surface area contributed by atoms with E-state index >= 15 is 0 Å². The number of amides is 1. The summed E-state index contributed by atoms with van der Waals surface area (Å²) in [5, 5.41) is 3.84. The number of nitrogens with one attached hydrogen (secondary N) is 1. The van der Waals surface area contributed by atoms with E-state index in [1.54, 1.807) is 55.5 Å². The Kier molecular flexibility index (Phi) is 4.21. The zero-order chi connectivity index (χ0) is 14.6. The SMILES string of the molecule is C=C(C)C(=O)NP(=O)(c1ccccc1)c1ccccc1. The van der Waals surface area contributed by atoms with Gasteiger partial charge in [-0.3, -0.25) is 14.4 Å². The second kappa shape index (κ2) is 5.89. The Morgan fingerprint density at radius 2 is 1.35 bits per heavy atom. The molecule has 0 spiro atoms. The van der Waals surface area contributed by atoms with E-state index in [1.807, 2.05) is 12.1 Å². The van der Waals surface area contributed by atoms with Crippen molar-refractivity contribution in [3.63, 3.8) is 0 Å². The molecule has 0 heterocycles. The normalized spacial score (nSPS) is 10.8. The molecule has 0 saturated carbocycles. The Hall–Kier alpha value is -2.12. The average Bonchev–Trinajstić information content (AvgIpc) is 2.48. The van der Waals surface area contributed by atoms with E-state index < -0.39 is 13.2 Å². The fourth-order valence-electron chi connectivity index (χ4n) is 1.79. The Bertz CT molecular complexity index is 622. The third kappa shape index (κ3) is 2.89. The Balaban J connectivity index is 2.53. The van der Waals surface area contributed by atoms with Crippen molar-refractivity contribution in [1.29, 1.82) is 0 Å². The summed E-state index contributed by atoms with van der Waals surface area (Å²) >= 11 is 0. The molecule has 1 amide bonds. The maximum absolute atomic E-state index is 13.4. The molecule has 0 radical (unpaired) electrons. The van der Waals surface area contributed by atoms with Gasteiger partial charge in [-0.15, -0.1) is 0 Å². The van der Waals surface area contributed by atoms with Gasteiger partial charge in [0, 0.05) is 16.2 Å². The molecule has 0 aromatic heterocycles. The van der Waals surface area contributed by atoms with Gasteiger partial charge in [-0.25, -0.2) is 0 Å². The highest BCUT2D eigenvalue weighted by molar-refractivity contribution is 7.77. The van der Waals surface area contributed by atoms with Crippen molar-refractivity contribution < 1.29 is 9.36 Å². The number of carbonyl (C=O) groups excluding carboxylic acids is 1. The summed E-state index contributed by atoms with van der Waals surface area (Å²) in [7, 11) is -3.19. The molecule has 0 aliphatic heterocycles. The molecule has 0 aliphatic rings. The van der Waals surface area contributed by atoms with Gasteiger partial charge in [0.25, 0.3) is 5.91 Å². The molecule has 2 aromatic carbocycles. The Labute approximate surface area is 118 Å². The van der Waals surface area contributed by atoms with Crippen LogP contribution < -0.4 is 15.7 Å². The highest BCUT2D eigenvalue weighted by Crippen LogP contribution is 2.38. The minimum atomic E-state index is -3.19. The predicted molar refractivity (Wildman–Crippen MR) is 82.7 cm³/mol. The van der Waals surface area contributed by atoms with E-state index in [1.165, 1.54) is 0 Å². The Morgan fingerprint density at radius 1 is 0.950 bits per heavy atom. The van der Waals surface area contributed by atoms with Gasteiger partial charge in [0.1, 0.15) is 0 Å². The van der Waals surface area contributed by atoms with Gasteiger partial charge in [-0.1, -0.05) is 43.0 Å². The molecule has 0 unspecified atom stereocenters. The van der Waals surface area contributed by atoms with Crippen molar-refractivity contribution >= 4 is 23.8 Å². The number of hydrogen-bond donors (Lipinski definition) is 1. The molecular weight excluding hydrogens is 269 g/mol. The van der Waals surface area contributed by atoms with Gasteiger partial charge in [0.2, 0.25) is 7.29 Å². The van der Waals surface area contributed by atoms with Gasteiger partial charge < -0.3 is 0 Å². The van der Waals surface area contributed by atoms with Crippen molar-refractivity contribution in [3.05, 3.63) is 72.8 Å². The van der Waals surface area contributed by atoms with Gasteiger partial charge >= 0.3 is 0 Å². The molecule has 4 heteroatoms. The van der Waals surface area contributed by atoms with E-state index in [0.717, 1.165) is 0 Å². The van der Waals surface area contributed by atoms with E-state index in [-0.39, 0.29) is 0 Å². The molecule has 3 nitrogen and oxygen atoms in total. The van der Waals surface area contributed by atoms with E-state index in [9.17, 15) is 9.36 Å². The second-order valence-electron chi connectivity index (χ2n) is 4.50. The molecular formula is C16H16NO2P. The van der Waals surface area contributed by atoms with Crippen LogP contribution in [0.15, 0.2) is 72.8 Å². The highest BCUT2D eigenvalue weighted by Gasteiger charge is 2.29. The maximum atomic E-state index is 13.4. The van der Waals surface area contributed by atoms with Crippen molar-refractivity contribution in [3.8, 4) is 0 Å². The molecule has 2 rings (SSSR count). The molecule has 1 N–H and O–H groups in total. The van der Waals surface area contributed by atoms with Crippen LogP contribution >= 0.6 is 7.29 Å². The predicted octanol–water partition coefficient (Wildman–Crippen LogP) is 2.61. The monoisotopic (exact) mass is 285 g/mol. The van der Waals surface area contributed by atoms with Crippen molar-refractivity contribution in [2.75, 3.05) is 0 Å². The molecule has 0 aliphatic carbocycles. The number of benzene rings is 2. The summed E-state index contributed by atoms with van der Waals surface area (Å²) in [6.07, 6.45) is 0. The third-order valence-corrected chi connectivity index (χ3v) is 5.45. The van der Waals surface area contributed by atoms with Crippen LogP contribution in [0.1, 0.15) is 6.92 Å². The highest BCUT2D eigenvalue weighted by atomic mass is 31.2. The van der Waals surface area contributed by atoms with Crippen LogP contribution in [0.5, 0.6) is 0 Å². The van der Waals surface area contributed by atoms with Crippen LogP contribution in [0.4, 0.5) is 0 Å². The van der Waals surface area contributed by atoms with Crippen LogP contribution in [-0.4, -0.2) is 5.91 Å². The van der Waals surface area contributed by atoms with Gasteiger partial charge in [-0.05, 0) is 31.2 Å². The summed E-state index contributed by atoms with van der Waals surface area (Å²) in [6, 6.07) is 17.9. The fourth-order valence-corrected chi connectivity index (χ4v) is 4.01. The molecule has 0 bridgehead atoms. The van der Waals surface area contributed by atoms with Gasteiger partial charge in [-0.2, -0.15) is 0 Å². The first-order valence-electron chi connectivity index (χ1n) is 6.23. The summed E-state index contributed by atoms with van der Waals surface area (Å²) in [5.74, 6) is -0.402. The summed E-state index contributed by atoms with van der Waals surface area (Å²) in [5.41, 5.74) is 0.331. The zero-order valence-corrected chi connectivity index (χ0v) is 12.1. The number of rotatable bonds is 4. The van der Waals surface area contributed by atoms with Gasteiger partial charge in [0.05, 0.1) is 0 Å². The van der Waals surface area contributed by atoms with Crippen molar-refractivity contribution in [2.24, 2.45) is 0 Å². The number of hydrogen-bond acceptors (Lipinski definition) is 2. The lowest BCUT2D eigenvalue weighted by atomic mass is 10.3. The summed E-state index contributed by atoms with van der Waals surface area (Å²) in [4.78, 5) is 11.9. The average molecular weight is 285 g/mol. The van der Waals surface area contributed by atoms with Crippen LogP contribution in [0.25, 0.3) is 0 Å². The molecule has 2 aromatic rings. The standard InChI is InChI=1S/C16H16NO2P/c1-13(2)16(18)17-20(19,14-9-5-3-6-10-14)15-11-7-4-8-12-15/h3-12H,1H2,2H3,(H,17,18,19). The first kappa shape index (κ1) is 14.3. The van der Waals surface area contributed by atoms with Crippen LogP contribution in [0, 0.1) is 0 Å². The topological polar surface area (TPSA) is 46.2 Å². The summed E-state index contributed by atoms with van der Waals surface area (Å²) in [6.45, 7) is 5.19. The van der Waals surface area contributed by atoms with Crippen molar-refractivity contribution in [1.82, 2.24) is 5.09 Å². The van der Waals surface area contributed by atoms with Gasteiger partial charge in [0.15, 0.2) is 0 Å². The van der Waals surface area contributed by atoms with Crippen molar-refractivity contribution in [2.45, 2.75) is 6.92 Å². The minimum absolute atomic E-state index is 0.331. The lowest BCUT2D eigenvalue weighted by Gasteiger charge is -2.20. The first-order valence-corrected chi connectivity index (χ1v) is 7.94. The molecule has 102 valence electrons. The number of carbonyl (C=O) groups is 1. The quantitative estimate of drug-likeness (QED) is 0.693. The van der Waals surface area contributed by atoms with Crippen LogP contribution in [0.2, 0.25) is 0 Å². The summed E-state index contributed by atoms with van der Waals surface area (Å²) < 4.78 is 13.4. The second-order valence-corrected chi connectivity index (χ2v) is 6.98. The molecule has 20 heavy (non-hydrogen) atoms. The zero-order valence-electron chi connectivity index (χ0n) is 11.2. The minimum Gasteiger partial charge on any atom is -0.296 e. The maximum Gasteiger partial charge on any atom is 0.252 e. The third-order valence-electron chi connectivity index (χ3n) is 2.89. The molecule has 0 atom stereocenters. The fraction of sp³-hybridized carbons (Fsp3) is 0.0625. The smallest absolute Gasteiger partial charge is 0.252 e. The van der Waals surface area contributed by atoms with E-state index in [0.29, 0.717) is 16.2 Å². The first-order chi connectivity index (χ1) is 9.54. The lowest BCUT2D eigenvalue weighted by Crippen LogP contribution is -2.32. The van der Waals surface area contributed by atoms with E-state index in [4.69, 9.17) is 0 Å².